The Labute approximate surface area is 208 Å². The number of Topliss-reactive ketones (excluding diaryl/α,β-unsaturated/α-hetero) is 1. The van der Waals surface area contributed by atoms with Gasteiger partial charge in [0.05, 0.1) is 18.6 Å². The van der Waals surface area contributed by atoms with E-state index in [0.29, 0.717) is 12.0 Å². The first-order valence-electron chi connectivity index (χ1n) is 11.2. The summed E-state index contributed by atoms with van der Waals surface area (Å²) in [5.41, 5.74) is 2.58. The van der Waals surface area contributed by atoms with E-state index in [-0.39, 0.29) is 40.2 Å². The van der Waals surface area contributed by atoms with E-state index in [1.807, 2.05) is 40.9 Å². The molecule has 0 aromatic carbocycles. The summed E-state index contributed by atoms with van der Waals surface area (Å²) in [4.78, 5) is 39.4. The fourth-order valence-electron chi connectivity index (χ4n) is 3.64. The summed E-state index contributed by atoms with van der Waals surface area (Å²) in [6, 6.07) is 0. The fraction of sp³-hybridized carbons (Fsp3) is 0.615. The number of amides is 1. The van der Waals surface area contributed by atoms with Gasteiger partial charge in [-0.3, -0.25) is 14.4 Å². The van der Waals surface area contributed by atoms with Gasteiger partial charge in [0.2, 0.25) is 0 Å². The molecule has 0 aliphatic heterocycles. The number of allylic oxidation sites excluding steroid dienone is 3. The molecule has 2 rings (SSSR count). The molecule has 0 heterocycles. The lowest BCUT2D eigenvalue weighted by Crippen LogP contribution is -2.20. The van der Waals surface area contributed by atoms with E-state index in [9.17, 15) is 14.4 Å². The van der Waals surface area contributed by atoms with Crippen molar-refractivity contribution in [2.24, 2.45) is 22.4 Å². The van der Waals surface area contributed by atoms with Crippen molar-refractivity contribution in [2.75, 3.05) is 13.3 Å². The van der Waals surface area contributed by atoms with Crippen molar-refractivity contribution in [1.29, 1.82) is 0 Å². The van der Waals surface area contributed by atoms with Gasteiger partial charge in [-0.2, -0.15) is 11.8 Å². The van der Waals surface area contributed by atoms with Crippen LogP contribution in [0.5, 0.6) is 0 Å². The molecule has 1 N–H and O–H groups in total. The van der Waals surface area contributed by atoms with Crippen molar-refractivity contribution in [3.05, 3.63) is 22.8 Å². The smallest absolute Gasteiger partial charge is 0.433 e. The van der Waals surface area contributed by atoms with Crippen LogP contribution in [-0.4, -0.2) is 48.2 Å². The average Bonchev–Trinajstić information content (AvgIpc) is 3.18. The molecule has 1 fully saturated rings. The molecule has 0 aromatic heterocycles. The summed E-state index contributed by atoms with van der Waals surface area (Å²) in [5, 5.41) is 5.81. The zero-order valence-electron chi connectivity index (χ0n) is 21.8. The molecule has 0 aromatic rings. The zero-order valence-corrected chi connectivity index (χ0v) is 22.6. The lowest BCUT2D eigenvalue weighted by molar-refractivity contribution is -0.150. The Hall–Kier alpha value is -2.53. The zero-order chi connectivity index (χ0) is 26.3. The Kier molecular flexibility index (Phi) is 10.6. The highest BCUT2D eigenvalue weighted by atomic mass is 32.2. The fourth-order valence-corrected chi connectivity index (χ4v) is 3.79. The SMILES string of the molecule is C#CCC1=C(C)[C@@H](OC(=O)C2C(C=C(C)C)C2(C)C)CC1=O.CNC(=O)O/N=C/C(C)(C)SC. The predicted molar refractivity (Wildman–Crippen MR) is 137 cm³/mol. The van der Waals surface area contributed by atoms with Crippen LogP contribution in [0.4, 0.5) is 4.79 Å². The first-order chi connectivity index (χ1) is 15.7. The third kappa shape index (κ3) is 8.05. The van der Waals surface area contributed by atoms with Crippen LogP contribution in [0.15, 0.2) is 28.0 Å². The highest BCUT2D eigenvalue weighted by Gasteiger charge is 2.61. The number of carbonyl (C=O) groups is 3. The summed E-state index contributed by atoms with van der Waals surface area (Å²) in [6.45, 7) is 14.0. The third-order valence-electron chi connectivity index (χ3n) is 6.11. The number of carbonyl (C=O) groups excluding carboxylic acids is 3. The second kappa shape index (κ2) is 12.3. The highest BCUT2D eigenvalue weighted by molar-refractivity contribution is 8.00. The van der Waals surface area contributed by atoms with E-state index >= 15 is 0 Å². The summed E-state index contributed by atoms with van der Waals surface area (Å²) < 4.78 is 5.52. The van der Waals surface area contributed by atoms with Gasteiger partial charge in [0.15, 0.2) is 5.78 Å². The van der Waals surface area contributed by atoms with E-state index in [4.69, 9.17) is 11.2 Å². The quantitative estimate of drug-likeness (QED) is 0.136. The topological polar surface area (TPSA) is 94.1 Å². The van der Waals surface area contributed by atoms with Gasteiger partial charge >= 0.3 is 12.1 Å². The maximum atomic E-state index is 12.5. The van der Waals surface area contributed by atoms with E-state index in [2.05, 4.69) is 41.2 Å². The normalized spacial score (nSPS) is 22.9. The molecule has 8 heteroatoms. The van der Waals surface area contributed by atoms with Gasteiger partial charge in [-0.1, -0.05) is 30.7 Å². The third-order valence-corrected chi connectivity index (χ3v) is 7.27. The second-order valence-electron chi connectivity index (χ2n) is 9.83. The number of esters is 1. The molecule has 3 atom stereocenters. The number of hydrogen-bond acceptors (Lipinski definition) is 7. The number of oxime groups is 1. The Morgan fingerprint density at radius 1 is 1.35 bits per heavy atom. The van der Waals surface area contributed by atoms with Crippen molar-refractivity contribution >= 4 is 35.8 Å². The molecule has 0 spiro atoms. The van der Waals surface area contributed by atoms with Gasteiger partial charge in [-0.05, 0) is 57.8 Å². The van der Waals surface area contributed by atoms with Crippen LogP contribution in [0.1, 0.15) is 61.3 Å². The minimum Gasteiger partial charge on any atom is -0.457 e. The minimum atomic E-state index is -0.553. The van der Waals surface area contributed by atoms with Crippen molar-refractivity contribution < 1.29 is 24.0 Å². The van der Waals surface area contributed by atoms with Gasteiger partial charge in [0.25, 0.3) is 0 Å². The lowest BCUT2D eigenvalue weighted by atomic mass is 10.1. The monoisotopic (exact) mass is 490 g/mol. The van der Waals surface area contributed by atoms with E-state index in [1.54, 1.807) is 18.0 Å². The van der Waals surface area contributed by atoms with Gasteiger partial charge < -0.3 is 10.1 Å². The number of ketones is 1. The number of nitrogens with zero attached hydrogens (tertiary/aromatic N) is 1. The van der Waals surface area contributed by atoms with Crippen molar-refractivity contribution in [3.63, 3.8) is 0 Å². The van der Waals surface area contributed by atoms with E-state index in [0.717, 1.165) is 5.57 Å². The van der Waals surface area contributed by atoms with Crippen LogP contribution in [0, 0.1) is 29.6 Å². The number of hydrogen-bond donors (Lipinski definition) is 1. The van der Waals surface area contributed by atoms with Crippen molar-refractivity contribution in [2.45, 2.75) is 72.2 Å². The van der Waals surface area contributed by atoms with Crippen LogP contribution in [-0.2, 0) is 19.2 Å². The van der Waals surface area contributed by atoms with E-state index < -0.39 is 12.2 Å². The number of thioether (sulfide) groups is 1. The molecule has 188 valence electrons. The largest absolute Gasteiger partial charge is 0.457 e. The average molecular weight is 491 g/mol. The summed E-state index contributed by atoms with van der Waals surface area (Å²) in [7, 11) is 1.48. The molecule has 2 aliphatic rings. The minimum absolute atomic E-state index is 0.00385. The molecule has 0 saturated heterocycles. The molecule has 34 heavy (non-hydrogen) atoms. The van der Waals surface area contributed by atoms with Crippen molar-refractivity contribution in [1.82, 2.24) is 5.32 Å². The second-order valence-corrected chi connectivity index (χ2v) is 11.3. The van der Waals surface area contributed by atoms with Crippen molar-refractivity contribution in [3.8, 4) is 12.3 Å². The molecule has 2 aliphatic carbocycles. The molecular weight excluding hydrogens is 452 g/mol. The molecule has 0 bridgehead atoms. The molecule has 1 saturated carbocycles. The number of rotatable bonds is 7. The maximum absolute atomic E-state index is 12.5. The predicted octanol–water partition coefficient (Wildman–Crippen LogP) is 4.92. The van der Waals surface area contributed by atoms with Gasteiger partial charge in [-0.15, -0.1) is 12.3 Å². The highest BCUT2D eigenvalue weighted by Crippen LogP contribution is 2.60. The summed E-state index contributed by atoms with van der Waals surface area (Å²) in [6.07, 6.45) is 10.5. The van der Waals surface area contributed by atoms with Crippen LogP contribution in [0.25, 0.3) is 0 Å². The molecule has 7 nitrogen and oxygen atoms in total. The molecular formula is C26H38N2O5S. The van der Waals surface area contributed by atoms with Gasteiger partial charge in [-0.25, -0.2) is 4.79 Å². The van der Waals surface area contributed by atoms with Crippen LogP contribution in [0.3, 0.4) is 0 Å². The number of nitrogens with one attached hydrogen (secondary N) is 1. The lowest BCUT2D eigenvalue weighted by Gasteiger charge is -2.13. The summed E-state index contributed by atoms with van der Waals surface area (Å²) in [5.74, 6) is 2.39. The van der Waals surface area contributed by atoms with Gasteiger partial charge in [0, 0.05) is 23.8 Å². The summed E-state index contributed by atoms with van der Waals surface area (Å²) >= 11 is 1.63. The van der Waals surface area contributed by atoms with Crippen LogP contribution in [0.2, 0.25) is 0 Å². The molecule has 0 radical (unpaired) electrons. The number of terminal acetylenes is 1. The standard InChI is InChI=1S/C19H24O3.C7H14N2O2S/c1-7-8-13-12(4)16(10-15(13)20)22-18(21)17-14(9-11(2)3)19(17,5)6;1-7(2,12-4)5-9-11-6(10)8-3/h1,9,14,16-17H,8,10H2,2-6H3;5H,1-4H3,(H,8,10)/b;9-5+/t14?,16-,17?;/m0./s1. The first-order valence-corrected chi connectivity index (χ1v) is 12.4. The molecule has 1 amide bonds. The van der Waals surface area contributed by atoms with Gasteiger partial charge in [0.1, 0.15) is 6.10 Å². The Balaban J connectivity index is 0.000000411. The van der Waals surface area contributed by atoms with Crippen LogP contribution < -0.4 is 5.32 Å². The maximum Gasteiger partial charge on any atom is 0.433 e. The van der Waals surface area contributed by atoms with Crippen LogP contribution >= 0.6 is 11.8 Å². The molecule has 2 unspecified atom stereocenters. The Bertz CT molecular complexity index is 920. The first kappa shape index (κ1) is 29.5. The number of ether oxygens (including phenoxy) is 1. The van der Waals surface area contributed by atoms with E-state index in [1.165, 1.54) is 12.6 Å². The Morgan fingerprint density at radius 2 is 1.97 bits per heavy atom. The Morgan fingerprint density at radius 3 is 2.47 bits per heavy atom.